The number of amides is 1. The van der Waals surface area contributed by atoms with Gasteiger partial charge in [0.05, 0.1) is 11.8 Å². The van der Waals surface area contributed by atoms with Crippen LogP contribution in [0.2, 0.25) is 5.02 Å². The van der Waals surface area contributed by atoms with E-state index < -0.39 is 5.41 Å². The minimum absolute atomic E-state index is 0.204. The van der Waals surface area contributed by atoms with Crippen molar-refractivity contribution in [3.8, 4) is 6.07 Å². The quantitative estimate of drug-likeness (QED) is 0.767. The average molecular weight is 356 g/mol. The van der Waals surface area contributed by atoms with Crippen molar-refractivity contribution in [3.63, 3.8) is 0 Å². The lowest BCUT2D eigenvalue weighted by molar-refractivity contribution is -0.123. The summed E-state index contributed by atoms with van der Waals surface area (Å²) in [5.41, 5.74) is -0.242. The number of carbonyl (C=O) groups excluding carboxylic acids is 1. The molecule has 0 aliphatic heterocycles. The lowest BCUT2D eigenvalue weighted by Gasteiger charge is -2.23. The van der Waals surface area contributed by atoms with Crippen molar-refractivity contribution in [1.82, 2.24) is 0 Å². The third kappa shape index (κ3) is 3.34. The number of carbonyl (C=O) groups is 1. The van der Waals surface area contributed by atoms with Crippen LogP contribution in [0.4, 0.5) is 5.69 Å². The molecule has 1 saturated carbocycles. The molecule has 2 rings (SSSR count). The molecule has 0 heterocycles. The van der Waals surface area contributed by atoms with E-state index in [9.17, 15) is 10.1 Å². The summed E-state index contributed by atoms with van der Waals surface area (Å²) in [5, 5.41) is 12.9. The van der Waals surface area contributed by atoms with Gasteiger partial charge in [-0.2, -0.15) is 5.26 Å². The highest BCUT2D eigenvalue weighted by Gasteiger charge is 2.39. The topological polar surface area (TPSA) is 52.9 Å². The molecule has 0 saturated heterocycles. The summed E-state index contributed by atoms with van der Waals surface area (Å²) >= 11 is 9.26. The number of rotatable bonds is 2. The van der Waals surface area contributed by atoms with E-state index in [0.29, 0.717) is 23.6 Å². The minimum Gasteiger partial charge on any atom is -0.324 e. The molecule has 1 aromatic rings. The summed E-state index contributed by atoms with van der Waals surface area (Å²) in [7, 11) is 0. The molecule has 1 amide bonds. The van der Waals surface area contributed by atoms with Gasteiger partial charge in [-0.15, -0.1) is 0 Å². The van der Waals surface area contributed by atoms with E-state index in [2.05, 4.69) is 27.3 Å². The van der Waals surface area contributed by atoms with E-state index in [1.807, 2.05) is 0 Å². The summed E-state index contributed by atoms with van der Waals surface area (Å²) in [4.78, 5) is 12.5. The Morgan fingerprint density at radius 2 is 1.95 bits per heavy atom. The lowest BCUT2D eigenvalue weighted by Crippen LogP contribution is -2.34. The zero-order chi connectivity index (χ0) is 14.6. The Hall–Kier alpha value is -1.05. The van der Waals surface area contributed by atoms with Crippen LogP contribution in [-0.2, 0) is 4.79 Å². The molecule has 0 radical (unpaired) electrons. The molecule has 1 fully saturated rings. The van der Waals surface area contributed by atoms with Crippen molar-refractivity contribution in [2.24, 2.45) is 5.41 Å². The number of anilines is 1. The maximum absolute atomic E-state index is 12.5. The second-order valence-corrected chi connectivity index (χ2v) is 6.48. The van der Waals surface area contributed by atoms with Crippen LogP contribution in [-0.4, -0.2) is 5.91 Å². The van der Waals surface area contributed by atoms with Gasteiger partial charge in [0, 0.05) is 9.50 Å². The van der Waals surface area contributed by atoms with Gasteiger partial charge in [-0.25, -0.2) is 0 Å². The highest BCUT2D eigenvalue weighted by molar-refractivity contribution is 9.10. The summed E-state index contributed by atoms with van der Waals surface area (Å²) in [6.07, 6.45) is 5.34. The SMILES string of the molecule is N#CC1(C(=O)Nc2ccc(Cl)cc2Br)CCCCCC1. The van der Waals surface area contributed by atoms with E-state index in [-0.39, 0.29) is 5.91 Å². The number of benzene rings is 1. The molecule has 0 spiro atoms. The van der Waals surface area contributed by atoms with E-state index in [1.54, 1.807) is 18.2 Å². The molecule has 20 heavy (non-hydrogen) atoms. The molecule has 3 nitrogen and oxygen atoms in total. The highest BCUT2D eigenvalue weighted by Crippen LogP contribution is 2.36. The van der Waals surface area contributed by atoms with E-state index >= 15 is 0 Å². The van der Waals surface area contributed by atoms with Crippen molar-refractivity contribution in [2.45, 2.75) is 38.5 Å². The van der Waals surface area contributed by atoms with Crippen LogP contribution >= 0.6 is 27.5 Å². The van der Waals surface area contributed by atoms with Crippen LogP contribution in [0.3, 0.4) is 0 Å². The molecule has 1 aliphatic carbocycles. The standard InChI is InChI=1S/C15H16BrClN2O/c16-12-9-11(17)5-6-13(12)19-14(20)15(10-18)7-3-1-2-4-8-15/h5-6,9H,1-4,7-8H2,(H,19,20). The van der Waals surface area contributed by atoms with Crippen molar-refractivity contribution in [3.05, 3.63) is 27.7 Å². The molecular formula is C15H16BrClN2O. The Morgan fingerprint density at radius 1 is 1.30 bits per heavy atom. The first kappa shape index (κ1) is 15.3. The van der Waals surface area contributed by atoms with Crippen LogP contribution in [0.1, 0.15) is 38.5 Å². The van der Waals surface area contributed by atoms with Gasteiger partial charge in [-0.05, 0) is 47.0 Å². The van der Waals surface area contributed by atoms with Gasteiger partial charge in [0.1, 0.15) is 5.41 Å². The molecule has 0 unspecified atom stereocenters. The Morgan fingerprint density at radius 3 is 2.50 bits per heavy atom. The van der Waals surface area contributed by atoms with Gasteiger partial charge in [0.2, 0.25) is 5.91 Å². The van der Waals surface area contributed by atoms with Gasteiger partial charge in [-0.3, -0.25) is 4.79 Å². The van der Waals surface area contributed by atoms with Gasteiger partial charge in [0.15, 0.2) is 0 Å². The number of hydrogen-bond acceptors (Lipinski definition) is 2. The Kier molecular flexibility index (Phi) is 5.06. The van der Waals surface area contributed by atoms with Crippen LogP contribution in [0.15, 0.2) is 22.7 Å². The van der Waals surface area contributed by atoms with Crippen LogP contribution < -0.4 is 5.32 Å². The van der Waals surface area contributed by atoms with Gasteiger partial charge < -0.3 is 5.32 Å². The molecule has 1 aromatic carbocycles. The highest BCUT2D eigenvalue weighted by atomic mass is 79.9. The molecule has 5 heteroatoms. The lowest BCUT2D eigenvalue weighted by atomic mass is 9.81. The summed E-state index contributed by atoms with van der Waals surface area (Å²) in [5.74, 6) is -0.204. The first-order valence-corrected chi connectivity index (χ1v) is 7.92. The van der Waals surface area contributed by atoms with Crippen molar-refractivity contribution >= 4 is 39.1 Å². The summed E-state index contributed by atoms with van der Waals surface area (Å²) < 4.78 is 0.722. The number of nitriles is 1. The van der Waals surface area contributed by atoms with Crippen molar-refractivity contribution < 1.29 is 4.79 Å². The zero-order valence-corrected chi connectivity index (χ0v) is 13.4. The summed E-state index contributed by atoms with van der Waals surface area (Å²) in [6, 6.07) is 7.44. The fraction of sp³-hybridized carbons (Fsp3) is 0.467. The minimum atomic E-state index is -0.893. The largest absolute Gasteiger partial charge is 0.324 e. The second-order valence-electron chi connectivity index (χ2n) is 5.19. The number of halogens is 2. The predicted octanol–water partition coefficient (Wildman–Crippen LogP) is 4.91. The first-order chi connectivity index (χ1) is 9.57. The average Bonchev–Trinajstić information content (AvgIpc) is 2.68. The third-order valence-electron chi connectivity index (χ3n) is 3.79. The van der Waals surface area contributed by atoms with E-state index in [4.69, 9.17) is 11.6 Å². The van der Waals surface area contributed by atoms with Crippen molar-refractivity contribution in [1.29, 1.82) is 5.26 Å². The molecule has 0 bridgehead atoms. The number of hydrogen-bond donors (Lipinski definition) is 1. The number of nitrogens with one attached hydrogen (secondary N) is 1. The summed E-state index contributed by atoms with van der Waals surface area (Å²) in [6.45, 7) is 0. The Bertz CT molecular complexity index is 545. The molecular weight excluding hydrogens is 340 g/mol. The van der Waals surface area contributed by atoms with Crippen molar-refractivity contribution in [2.75, 3.05) is 5.32 Å². The Balaban J connectivity index is 2.19. The first-order valence-electron chi connectivity index (χ1n) is 6.75. The van der Waals surface area contributed by atoms with Gasteiger partial charge >= 0.3 is 0 Å². The molecule has 106 valence electrons. The maximum Gasteiger partial charge on any atom is 0.244 e. The van der Waals surface area contributed by atoms with E-state index in [0.717, 1.165) is 30.2 Å². The number of nitrogens with zero attached hydrogens (tertiary/aromatic N) is 1. The smallest absolute Gasteiger partial charge is 0.244 e. The fourth-order valence-electron chi connectivity index (χ4n) is 2.55. The zero-order valence-electron chi connectivity index (χ0n) is 11.1. The predicted molar refractivity (Wildman–Crippen MR) is 83.5 cm³/mol. The third-order valence-corrected chi connectivity index (χ3v) is 4.68. The maximum atomic E-state index is 12.5. The second kappa shape index (κ2) is 6.60. The molecule has 0 atom stereocenters. The van der Waals surface area contributed by atoms with Gasteiger partial charge in [0.25, 0.3) is 0 Å². The van der Waals surface area contributed by atoms with E-state index in [1.165, 1.54) is 0 Å². The van der Waals surface area contributed by atoms with Crippen LogP contribution in [0.25, 0.3) is 0 Å². The monoisotopic (exact) mass is 354 g/mol. The fourth-order valence-corrected chi connectivity index (χ4v) is 3.34. The molecule has 1 aliphatic rings. The normalized spacial score (nSPS) is 17.9. The van der Waals surface area contributed by atoms with Gasteiger partial charge in [-0.1, -0.05) is 37.3 Å². The Labute approximate surface area is 132 Å². The molecule has 0 aromatic heterocycles. The van der Waals surface area contributed by atoms with Crippen LogP contribution in [0, 0.1) is 16.7 Å². The molecule has 1 N–H and O–H groups in total. The van der Waals surface area contributed by atoms with Crippen LogP contribution in [0.5, 0.6) is 0 Å².